The molecular formula is C20H18ClF5N4O2. The van der Waals surface area contributed by atoms with Crippen LogP contribution in [0.25, 0.3) is 0 Å². The number of carbonyl (C=O) groups is 2. The minimum atomic E-state index is -4.74. The second-order valence-electron chi connectivity index (χ2n) is 7.16. The maximum absolute atomic E-state index is 14.2. The Hall–Kier alpha value is -2.82. The number of hydrogen-bond acceptors (Lipinski definition) is 4. The Bertz CT molecular complexity index is 1050. The molecule has 6 nitrogen and oxygen atoms in total. The summed E-state index contributed by atoms with van der Waals surface area (Å²) in [4.78, 5) is 33.4. The standard InChI is InChI=1S/C18H12ClF5N4O2.C2H6/c19-10-4-25-15(26-5-10)27-13(29)6-28-8-16(7-17(16,20)21)12-3-9(18(22,23)24)1-2-11(12)14(28)30;1-2/h1-5H,6-8H2,(H,25,26,27,29);1-2H3. The first-order chi connectivity index (χ1) is 14.9. The molecule has 1 aliphatic carbocycles. The van der Waals surface area contributed by atoms with Gasteiger partial charge >= 0.3 is 6.18 Å². The zero-order chi connectivity index (χ0) is 23.9. The molecule has 1 aromatic heterocycles. The number of benzene rings is 1. The Morgan fingerprint density at radius 2 is 1.81 bits per heavy atom. The summed E-state index contributed by atoms with van der Waals surface area (Å²) < 4.78 is 67.6. The lowest BCUT2D eigenvalue weighted by Gasteiger charge is -2.34. The van der Waals surface area contributed by atoms with E-state index in [0.29, 0.717) is 12.1 Å². The van der Waals surface area contributed by atoms with Crippen molar-refractivity contribution in [3.63, 3.8) is 0 Å². The molecule has 2 aliphatic rings. The molecule has 0 radical (unpaired) electrons. The molecule has 172 valence electrons. The van der Waals surface area contributed by atoms with Gasteiger partial charge in [-0.15, -0.1) is 0 Å². The molecule has 1 N–H and O–H groups in total. The van der Waals surface area contributed by atoms with E-state index in [1.165, 1.54) is 12.4 Å². The lowest BCUT2D eigenvalue weighted by molar-refractivity contribution is -0.137. The molecule has 1 fully saturated rings. The molecule has 2 aromatic rings. The largest absolute Gasteiger partial charge is 0.416 e. The van der Waals surface area contributed by atoms with Crippen LogP contribution in [0.15, 0.2) is 30.6 Å². The minimum Gasteiger partial charge on any atom is -0.328 e. The molecule has 1 aromatic carbocycles. The summed E-state index contributed by atoms with van der Waals surface area (Å²) in [5.41, 5.74) is -3.68. The number of amides is 2. The molecule has 1 spiro atoms. The van der Waals surface area contributed by atoms with Crippen molar-refractivity contribution >= 4 is 29.4 Å². The van der Waals surface area contributed by atoms with E-state index in [0.717, 1.165) is 11.0 Å². The molecule has 1 atom stereocenters. The molecule has 12 heteroatoms. The van der Waals surface area contributed by atoms with Crippen molar-refractivity contribution in [2.24, 2.45) is 0 Å². The Balaban J connectivity index is 0.00000141. The van der Waals surface area contributed by atoms with E-state index in [-0.39, 0.29) is 22.1 Å². The predicted molar refractivity (Wildman–Crippen MR) is 106 cm³/mol. The van der Waals surface area contributed by atoms with E-state index in [4.69, 9.17) is 11.6 Å². The Kier molecular flexibility index (Phi) is 6.16. The summed E-state index contributed by atoms with van der Waals surface area (Å²) in [6, 6.07) is 2.15. The van der Waals surface area contributed by atoms with E-state index >= 15 is 0 Å². The Morgan fingerprint density at radius 1 is 1.22 bits per heavy atom. The van der Waals surface area contributed by atoms with Gasteiger partial charge in [0.2, 0.25) is 11.9 Å². The van der Waals surface area contributed by atoms with Gasteiger partial charge in [-0.25, -0.2) is 18.7 Å². The quantitative estimate of drug-likeness (QED) is 0.660. The van der Waals surface area contributed by atoms with Gasteiger partial charge in [0.05, 0.1) is 28.4 Å². The number of halogens is 6. The number of hydrogen-bond donors (Lipinski definition) is 1. The van der Waals surface area contributed by atoms with Gasteiger partial charge in [-0.2, -0.15) is 13.2 Å². The van der Waals surface area contributed by atoms with E-state index in [9.17, 15) is 31.5 Å². The number of fused-ring (bicyclic) bond motifs is 2. The number of rotatable bonds is 3. The Labute approximate surface area is 184 Å². The molecular weight excluding hydrogens is 459 g/mol. The Morgan fingerprint density at radius 3 is 2.34 bits per heavy atom. The fraction of sp³-hybridized carbons (Fsp3) is 0.400. The van der Waals surface area contributed by atoms with Gasteiger partial charge in [-0.05, 0) is 23.8 Å². The van der Waals surface area contributed by atoms with E-state index in [1.807, 2.05) is 13.8 Å². The van der Waals surface area contributed by atoms with Crippen LogP contribution < -0.4 is 5.32 Å². The van der Waals surface area contributed by atoms with Crippen LogP contribution in [0.3, 0.4) is 0 Å². The van der Waals surface area contributed by atoms with Crippen molar-refractivity contribution in [3.8, 4) is 0 Å². The van der Waals surface area contributed by atoms with Crippen molar-refractivity contribution in [3.05, 3.63) is 52.3 Å². The summed E-state index contributed by atoms with van der Waals surface area (Å²) in [6.45, 7) is 2.82. The van der Waals surface area contributed by atoms with Crippen LogP contribution in [0.4, 0.5) is 27.9 Å². The predicted octanol–water partition coefficient (Wildman–Crippen LogP) is 4.55. The summed E-state index contributed by atoms with van der Waals surface area (Å²) in [5, 5.41) is 2.54. The molecule has 4 rings (SSSR count). The van der Waals surface area contributed by atoms with Crippen LogP contribution in [0, 0.1) is 0 Å². The number of alkyl halides is 5. The number of aromatic nitrogens is 2. The number of anilines is 1. The van der Waals surface area contributed by atoms with E-state index < -0.39 is 54.4 Å². The van der Waals surface area contributed by atoms with Gasteiger partial charge in [0.1, 0.15) is 6.54 Å². The molecule has 32 heavy (non-hydrogen) atoms. The van der Waals surface area contributed by atoms with Crippen molar-refractivity contribution in [1.29, 1.82) is 0 Å². The normalized spacial score (nSPS) is 20.9. The minimum absolute atomic E-state index is 0.101. The number of carbonyl (C=O) groups excluding carboxylic acids is 2. The first-order valence-corrected chi connectivity index (χ1v) is 9.97. The molecule has 1 saturated carbocycles. The van der Waals surface area contributed by atoms with Crippen LogP contribution in [-0.4, -0.2) is 45.7 Å². The molecule has 2 amide bonds. The summed E-state index contributed by atoms with van der Waals surface area (Å²) in [5.74, 6) is -4.95. The highest BCUT2D eigenvalue weighted by atomic mass is 35.5. The van der Waals surface area contributed by atoms with Gasteiger partial charge in [0.25, 0.3) is 11.8 Å². The van der Waals surface area contributed by atoms with Crippen molar-refractivity contribution in [2.75, 3.05) is 18.4 Å². The maximum Gasteiger partial charge on any atom is 0.416 e. The van der Waals surface area contributed by atoms with Crippen molar-refractivity contribution in [1.82, 2.24) is 14.9 Å². The van der Waals surface area contributed by atoms with Crippen LogP contribution in [0.1, 0.15) is 41.8 Å². The third-order valence-corrected chi connectivity index (χ3v) is 5.34. The second kappa shape index (κ2) is 8.27. The van der Waals surface area contributed by atoms with Gasteiger partial charge in [0.15, 0.2) is 0 Å². The zero-order valence-electron chi connectivity index (χ0n) is 16.9. The first-order valence-electron chi connectivity index (χ1n) is 9.59. The smallest absolute Gasteiger partial charge is 0.328 e. The molecule has 1 unspecified atom stereocenters. The topological polar surface area (TPSA) is 75.2 Å². The summed E-state index contributed by atoms with van der Waals surface area (Å²) in [6.07, 6.45) is -2.99. The summed E-state index contributed by atoms with van der Waals surface area (Å²) in [7, 11) is 0. The lowest BCUT2D eigenvalue weighted by Crippen LogP contribution is -2.48. The van der Waals surface area contributed by atoms with Crippen LogP contribution in [0.2, 0.25) is 5.02 Å². The average Bonchev–Trinajstić information content (AvgIpc) is 3.29. The van der Waals surface area contributed by atoms with Crippen molar-refractivity contribution < 1.29 is 31.5 Å². The lowest BCUT2D eigenvalue weighted by atomic mass is 9.84. The number of nitrogens with zero attached hydrogens (tertiary/aromatic N) is 3. The highest BCUT2D eigenvalue weighted by Gasteiger charge is 2.74. The number of nitrogens with one attached hydrogen (secondary N) is 1. The monoisotopic (exact) mass is 476 g/mol. The van der Waals surface area contributed by atoms with Crippen LogP contribution in [0.5, 0.6) is 0 Å². The van der Waals surface area contributed by atoms with Crippen molar-refractivity contribution in [2.45, 2.75) is 37.8 Å². The van der Waals surface area contributed by atoms with Crippen LogP contribution >= 0.6 is 11.6 Å². The average molecular weight is 477 g/mol. The fourth-order valence-corrected chi connectivity index (χ4v) is 3.69. The van der Waals surface area contributed by atoms with Gasteiger partial charge in [-0.3, -0.25) is 14.9 Å². The molecule has 0 bridgehead atoms. The summed E-state index contributed by atoms with van der Waals surface area (Å²) >= 11 is 5.64. The van der Waals surface area contributed by atoms with Gasteiger partial charge < -0.3 is 4.90 Å². The highest BCUT2D eigenvalue weighted by molar-refractivity contribution is 6.30. The third kappa shape index (κ3) is 4.25. The van der Waals surface area contributed by atoms with Gasteiger partial charge in [0, 0.05) is 18.5 Å². The molecule has 1 aliphatic heterocycles. The SMILES string of the molecule is CC.O=C(CN1CC2(CC2(F)F)c2cc(C(F)(F)F)ccc2C1=O)Nc1ncc(Cl)cn1. The molecule has 2 heterocycles. The first kappa shape index (κ1) is 23.8. The zero-order valence-corrected chi connectivity index (χ0v) is 17.7. The van der Waals surface area contributed by atoms with E-state index in [2.05, 4.69) is 15.3 Å². The highest BCUT2D eigenvalue weighted by Crippen LogP contribution is 2.64. The fourth-order valence-electron chi connectivity index (χ4n) is 3.60. The molecule has 0 saturated heterocycles. The van der Waals surface area contributed by atoms with Crippen LogP contribution in [-0.2, 0) is 16.4 Å². The third-order valence-electron chi connectivity index (χ3n) is 5.15. The second-order valence-corrected chi connectivity index (χ2v) is 7.59. The van der Waals surface area contributed by atoms with Gasteiger partial charge in [-0.1, -0.05) is 25.4 Å². The maximum atomic E-state index is 14.2. The van der Waals surface area contributed by atoms with E-state index in [1.54, 1.807) is 0 Å².